The van der Waals surface area contributed by atoms with Crippen molar-refractivity contribution in [3.8, 4) is 17.0 Å². The van der Waals surface area contributed by atoms with Crippen molar-refractivity contribution in [2.45, 2.75) is 20.8 Å². The molecule has 0 bridgehead atoms. The SMILES string of the molecule is COc1ccc(-c2nc(Nc3cc(C)ccc3C)sc2C)cc1. The van der Waals surface area contributed by atoms with Gasteiger partial charge in [-0.1, -0.05) is 12.1 Å². The molecule has 0 saturated carbocycles. The maximum atomic E-state index is 5.21. The highest BCUT2D eigenvalue weighted by molar-refractivity contribution is 7.16. The van der Waals surface area contributed by atoms with Crippen molar-refractivity contribution < 1.29 is 4.74 Å². The summed E-state index contributed by atoms with van der Waals surface area (Å²) in [5, 5.41) is 4.37. The number of hydrogen-bond donors (Lipinski definition) is 1. The maximum Gasteiger partial charge on any atom is 0.187 e. The Balaban J connectivity index is 1.89. The van der Waals surface area contributed by atoms with Crippen LogP contribution in [0, 0.1) is 20.8 Å². The lowest BCUT2D eigenvalue weighted by atomic mass is 10.1. The molecule has 3 nitrogen and oxygen atoms in total. The number of hydrogen-bond acceptors (Lipinski definition) is 4. The van der Waals surface area contributed by atoms with Crippen molar-refractivity contribution >= 4 is 22.2 Å². The summed E-state index contributed by atoms with van der Waals surface area (Å²) in [6.45, 7) is 6.30. The van der Waals surface area contributed by atoms with Gasteiger partial charge in [0.25, 0.3) is 0 Å². The number of anilines is 2. The van der Waals surface area contributed by atoms with Gasteiger partial charge in [0, 0.05) is 16.1 Å². The summed E-state index contributed by atoms with van der Waals surface area (Å²) in [6.07, 6.45) is 0. The Bertz CT molecular complexity index is 822. The number of nitrogens with zero attached hydrogens (tertiary/aromatic N) is 1. The molecule has 1 aromatic heterocycles. The zero-order valence-electron chi connectivity index (χ0n) is 13.8. The summed E-state index contributed by atoms with van der Waals surface area (Å²) in [5.74, 6) is 0.857. The molecule has 4 heteroatoms. The molecule has 0 spiro atoms. The first-order valence-corrected chi connectivity index (χ1v) is 8.34. The Morgan fingerprint density at radius 1 is 1.00 bits per heavy atom. The zero-order chi connectivity index (χ0) is 16.4. The van der Waals surface area contributed by atoms with Gasteiger partial charge in [0.1, 0.15) is 5.75 Å². The summed E-state index contributed by atoms with van der Waals surface area (Å²) in [4.78, 5) is 5.97. The highest BCUT2D eigenvalue weighted by Gasteiger charge is 2.11. The van der Waals surface area contributed by atoms with E-state index < -0.39 is 0 Å². The van der Waals surface area contributed by atoms with E-state index >= 15 is 0 Å². The average molecular weight is 324 g/mol. The van der Waals surface area contributed by atoms with Gasteiger partial charge in [-0.05, 0) is 62.2 Å². The van der Waals surface area contributed by atoms with Gasteiger partial charge in [-0.25, -0.2) is 4.98 Å². The van der Waals surface area contributed by atoms with E-state index in [1.807, 2.05) is 24.3 Å². The van der Waals surface area contributed by atoms with E-state index in [0.29, 0.717) is 0 Å². The van der Waals surface area contributed by atoms with Crippen LogP contribution < -0.4 is 10.1 Å². The minimum atomic E-state index is 0.857. The number of rotatable bonds is 4. The number of aromatic nitrogens is 1. The van der Waals surface area contributed by atoms with E-state index in [1.165, 1.54) is 16.0 Å². The third kappa shape index (κ3) is 3.37. The zero-order valence-corrected chi connectivity index (χ0v) is 14.6. The Labute approximate surface area is 141 Å². The van der Waals surface area contributed by atoms with Crippen LogP contribution in [0.4, 0.5) is 10.8 Å². The summed E-state index contributed by atoms with van der Waals surface area (Å²) >= 11 is 1.68. The van der Waals surface area contributed by atoms with Gasteiger partial charge < -0.3 is 10.1 Å². The van der Waals surface area contributed by atoms with E-state index in [9.17, 15) is 0 Å². The number of methoxy groups -OCH3 is 1. The molecule has 0 aliphatic carbocycles. The first-order chi connectivity index (χ1) is 11.1. The van der Waals surface area contributed by atoms with Crippen LogP contribution in [0.2, 0.25) is 0 Å². The molecule has 0 unspecified atom stereocenters. The second kappa shape index (κ2) is 6.42. The Hall–Kier alpha value is -2.33. The summed E-state index contributed by atoms with van der Waals surface area (Å²) in [6, 6.07) is 14.4. The van der Waals surface area contributed by atoms with Crippen LogP contribution in [0.1, 0.15) is 16.0 Å². The molecule has 1 heterocycles. The van der Waals surface area contributed by atoms with Crippen LogP contribution in [-0.2, 0) is 0 Å². The molecule has 1 N–H and O–H groups in total. The molecule has 3 rings (SSSR count). The Kier molecular flexibility index (Phi) is 4.35. The second-order valence-corrected chi connectivity index (χ2v) is 6.80. The summed E-state index contributed by atoms with van der Waals surface area (Å²) in [5.41, 5.74) is 5.69. The predicted molar refractivity (Wildman–Crippen MR) is 98.0 cm³/mol. The third-order valence-electron chi connectivity index (χ3n) is 3.79. The molecule has 118 valence electrons. The smallest absolute Gasteiger partial charge is 0.187 e. The fourth-order valence-electron chi connectivity index (χ4n) is 2.45. The highest BCUT2D eigenvalue weighted by Crippen LogP contribution is 2.33. The van der Waals surface area contributed by atoms with Crippen LogP contribution >= 0.6 is 11.3 Å². The van der Waals surface area contributed by atoms with Gasteiger partial charge in [0.05, 0.1) is 12.8 Å². The van der Waals surface area contributed by atoms with Crippen molar-refractivity contribution in [3.05, 3.63) is 58.5 Å². The number of benzene rings is 2. The fraction of sp³-hybridized carbons (Fsp3) is 0.211. The number of ether oxygens (including phenoxy) is 1. The minimum absolute atomic E-state index is 0.857. The monoisotopic (exact) mass is 324 g/mol. The lowest BCUT2D eigenvalue weighted by Gasteiger charge is -2.07. The Morgan fingerprint density at radius 3 is 2.43 bits per heavy atom. The first-order valence-electron chi connectivity index (χ1n) is 7.53. The average Bonchev–Trinajstić information content (AvgIpc) is 2.91. The topological polar surface area (TPSA) is 34.1 Å². The molecule has 0 radical (unpaired) electrons. The van der Waals surface area contributed by atoms with Gasteiger partial charge in [-0.2, -0.15) is 0 Å². The summed E-state index contributed by atoms with van der Waals surface area (Å²) in [7, 11) is 1.68. The molecule has 0 aliphatic heterocycles. The van der Waals surface area contributed by atoms with Gasteiger partial charge in [0.2, 0.25) is 0 Å². The molecular weight excluding hydrogens is 304 g/mol. The molecule has 2 aromatic carbocycles. The molecule has 0 aliphatic rings. The standard InChI is InChI=1S/C19H20N2OS/c1-12-5-6-13(2)17(11-12)20-19-21-18(14(3)23-19)15-7-9-16(22-4)10-8-15/h5-11H,1-4H3,(H,20,21). The van der Waals surface area contributed by atoms with Crippen molar-refractivity contribution in [1.82, 2.24) is 4.98 Å². The molecule has 0 fully saturated rings. The minimum Gasteiger partial charge on any atom is -0.497 e. The molecule has 0 saturated heterocycles. The van der Waals surface area contributed by atoms with Crippen LogP contribution in [0.25, 0.3) is 11.3 Å². The van der Waals surface area contributed by atoms with Gasteiger partial charge >= 0.3 is 0 Å². The highest BCUT2D eigenvalue weighted by atomic mass is 32.1. The van der Waals surface area contributed by atoms with Crippen LogP contribution in [0.3, 0.4) is 0 Å². The summed E-state index contributed by atoms with van der Waals surface area (Å²) < 4.78 is 5.21. The molecule has 3 aromatic rings. The van der Waals surface area contributed by atoms with E-state index in [0.717, 1.165) is 27.8 Å². The van der Waals surface area contributed by atoms with E-state index in [1.54, 1.807) is 18.4 Å². The second-order valence-electron chi connectivity index (χ2n) is 5.60. The molecule has 0 atom stereocenters. The van der Waals surface area contributed by atoms with Gasteiger partial charge in [-0.15, -0.1) is 11.3 Å². The number of nitrogens with one attached hydrogen (secondary N) is 1. The van der Waals surface area contributed by atoms with Gasteiger partial charge in [0.15, 0.2) is 5.13 Å². The van der Waals surface area contributed by atoms with Crippen molar-refractivity contribution in [2.75, 3.05) is 12.4 Å². The van der Waals surface area contributed by atoms with E-state index in [-0.39, 0.29) is 0 Å². The third-order valence-corrected chi connectivity index (χ3v) is 4.68. The number of thiazole rings is 1. The van der Waals surface area contributed by atoms with E-state index in [2.05, 4.69) is 44.3 Å². The van der Waals surface area contributed by atoms with Crippen molar-refractivity contribution in [1.29, 1.82) is 0 Å². The van der Waals surface area contributed by atoms with E-state index in [4.69, 9.17) is 9.72 Å². The van der Waals surface area contributed by atoms with Crippen LogP contribution in [0.5, 0.6) is 5.75 Å². The number of aryl methyl sites for hydroxylation is 3. The van der Waals surface area contributed by atoms with Crippen LogP contribution in [-0.4, -0.2) is 12.1 Å². The lowest BCUT2D eigenvalue weighted by Crippen LogP contribution is -1.93. The molecule has 0 amide bonds. The predicted octanol–water partition coefficient (Wildman–Crippen LogP) is 5.49. The van der Waals surface area contributed by atoms with Crippen molar-refractivity contribution in [3.63, 3.8) is 0 Å². The molecule has 23 heavy (non-hydrogen) atoms. The largest absolute Gasteiger partial charge is 0.497 e. The normalized spacial score (nSPS) is 10.6. The maximum absolute atomic E-state index is 5.21. The fourth-order valence-corrected chi connectivity index (χ4v) is 3.30. The Morgan fingerprint density at radius 2 is 1.74 bits per heavy atom. The lowest BCUT2D eigenvalue weighted by molar-refractivity contribution is 0.415. The van der Waals surface area contributed by atoms with Gasteiger partial charge in [-0.3, -0.25) is 0 Å². The molecular formula is C19H20N2OS. The quantitative estimate of drug-likeness (QED) is 0.689. The van der Waals surface area contributed by atoms with Crippen LogP contribution in [0.15, 0.2) is 42.5 Å². The van der Waals surface area contributed by atoms with Crippen molar-refractivity contribution in [2.24, 2.45) is 0 Å². The first kappa shape index (κ1) is 15.6.